The van der Waals surface area contributed by atoms with Crippen LogP contribution in [0.2, 0.25) is 0 Å². The van der Waals surface area contributed by atoms with E-state index in [-0.39, 0.29) is 19.8 Å². The molecule has 0 bridgehead atoms. The molecule has 5 heteroatoms. The molecule has 1 amide bonds. The molecule has 0 aliphatic carbocycles. The summed E-state index contributed by atoms with van der Waals surface area (Å²) in [7, 11) is 0. The van der Waals surface area contributed by atoms with Gasteiger partial charge < -0.3 is 21.1 Å². The Morgan fingerprint density at radius 3 is 1.64 bits per heavy atom. The SMILES string of the molecule is C=CC(N)=O.CCC(CO)(CO)CO. The molecule has 0 unspecified atom stereocenters. The third kappa shape index (κ3) is 6.59. The van der Waals surface area contributed by atoms with Gasteiger partial charge in [0.25, 0.3) is 0 Å². The van der Waals surface area contributed by atoms with Gasteiger partial charge in [-0.3, -0.25) is 4.79 Å². The molecule has 0 rings (SSSR count). The second kappa shape index (κ2) is 8.68. The number of hydrogen-bond acceptors (Lipinski definition) is 4. The van der Waals surface area contributed by atoms with Crippen LogP contribution in [-0.2, 0) is 4.79 Å². The van der Waals surface area contributed by atoms with E-state index >= 15 is 0 Å². The van der Waals surface area contributed by atoms with Crippen molar-refractivity contribution in [3.63, 3.8) is 0 Å². The molecule has 0 saturated carbocycles. The van der Waals surface area contributed by atoms with E-state index in [1.165, 1.54) is 0 Å². The molecular formula is C9H19NO4. The van der Waals surface area contributed by atoms with Gasteiger partial charge in [0.2, 0.25) is 5.91 Å². The van der Waals surface area contributed by atoms with Crippen molar-refractivity contribution in [2.75, 3.05) is 19.8 Å². The summed E-state index contributed by atoms with van der Waals surface area (Å²) in [6.07, 6.45) is 1.65. The number of amides is 1. The van der Waals surface area contributed by atoms with Crippen molar-refractivity contribution < 1.29 is 20.1 Å². The molecule has 0 aliphatic rings. The standard InChI is InChI=1S/C6H14O3.C3H5NO/c1-2-6(3-7,4-8)5-9;1-2-3(4)5/h7-9H,2-5H2,1H3;2H,1H2,(H2,4,5). The van der Waals surface area contributed by atoms with Crippen molar-refractivity contribution in [3.05, 3.63) is 12.7 Å². The minimum Gasteiger partial charge on any atom is -0.396 e. The lowest BCUT2D eigenvalue weighted by molar-refractivity contribution is -0.113. The molecule has 0 spiro atoms. The molecule has 5 nitrogen and oxygen atoms in total. The highest BCUT2D eigenvalue weighted by Gasteiger charge is 2.24. The minimum atomic E-state index is -0.667. The quantitative estimate of drug-likeness (QED) is 0.433. The zero-order chi connectivity index (χ0) is 11.6. The van der Waals surface area contributed by atoms with Crippen LogP contribution in [0.3, 0.4) is 0 Å². The summed E-state index contributed by atoms with van der Waals surface area (Å²) in [5.41, 5.74) is 3.87. The lowest BCUT2D eigenvalue weighted by atomic mass is 9.88. The van der Waals surface area contributed by atoms with E-state index in [1.807, 2.05) is 6.92 Å². The first-order valence-electron chi connectivity index (χ1n) is 4.26. The van der Waals surface area contributed by atoms with Gasteiger partial charge in [-0.15, -0.1) is 0 Å². The molecule has 0 aromatic carbocycles. The fraction of sp³-hybridized carbons (Fsp3) is 0.667. The average Bonchev–Trinajstić information content (AvgIpc) is 2.23. The van der Waals surface area contributed by atoms with Crippen LogP contribution < -0.4 is 5.73 Å². The highest BCUT2D eigenvalue weighted by molar-refractivity contribution is 5.84. The first kappa shape index (κ1) is 15.6. The van der Waals surface area contributed by atoms with E-state index in [9.17, 15) is 4.79 Å². The first-order chi connectivity index (χ1) is 6.51. The Morgan fingerprint density at radius 1 is 1.36 bits per heavy atom. The molecule has 0 radical (unpaired) electrons. The highest BCUT2D eigenvalue weighted by Crippen LogP contribution is 2.18. The third-order valence-electron chi connectivity index (χ3n) is 1.96. The minimum absolute atomic E-state index is 0.156. The van der Waals surface area contributed by atoms with Crippen LogP contribution >= 0.6 is 0 Å². The maximum atomic E-state index is 9.47. The van der Waals surface area contributed by atoms with Gasteiger partial charge in [0, 0.05) is 5.41 Å². The monoisotopic (exact) mass is 205 g/mol. The molecular weight excluding hydrogens is 186 g/mol. The zero-order valence-corrected chi connectivity index (χ0v) is 8.44. The molecule has 0 aromatic rings. The van der Waals surface area contributed by atoms with Crippen LogP contribution in [0, 0.1) is 5.41 Å². The summed E-state index contributed by atoms with van der Waals surface area (Å²) in [5.74, 6) is -0.481. The lowest BCUT2D eigenvalue weighted by Crippen LogP contribution is -2.32. The van der Waals surface area contributed by atoms with Gasteiger partial charge in [0.15, 0.2) is 0 Å². The van der Waals surface area contributed by atoms with Gasteiger partial charge >= 0.3 is 0 Å². The Kier molecular flexibility index (Phi) is 9.64. The molecule has 0 saturated heterocycles. The van der Waals surface area contributed by atoms with Crippen LogP contribution in [0.1, 0.15) is 13.3 Å². The second-order valence-corrected chi connectivity index (χ2v) is 2.93. The van der Waals surface area contributed by atoms with E-state index in [2.05, 4.69) is 12.3 Å². The smallest absolute Gasteiger partial charge is 0.240 e. The van der Waals surface area contributed by atoms with Crippen molar-refractivity contribution >= 4 is 5.91 Å². The van der Waals surface area contributed by atoms with Crippen LogP contribution in [-0.4, -0.2) is 41.0 Å². The van der Waals surface area contributed by atoms with E-state index in [0.717, 1.165) is 6.08 Å². The van der Waals surface area contributed by atoms with Crippen LogP contribution in [0.15, 0.2) is 12.7 Å². The van der Waals surface area contributed by atoms with E-state index < -0.39 is 11.3 Å². The summed E-state index contributed by atoms with van der Waals surface area (Å²) >= 11 is 0. The number of carbonyl (C=O) groups excluding carboxylic acids is 1. The predicted molar refractivity (Wildman–Crippen MR) is 53.4 cm³/mol. The van der Waals surface area contributed by atoms with Gasteiger partial charge in [-0.25, -0.2) is 0 Å². The fourth-order valence-electron chi connectivity index (χ4n) is 0.485. The molecule has 0 aliphatic heterocycles. The number of hydrogen-bond donors (Lipinski definition) is 4. The van der Waals surface area contributed by atoms with E-state index in [4.69, 9.17) is 15.3 Å². The predicted octanol–water partition coefficient (Wildman–Crippen LogP) is -0.983. The van der Waals surface area contributed by atoms with Crippen molar-refractivity contribution in [1.82, 2.24) is 0 Å². The Bertz CT molecular complexity index is 149. The molecule has 14 heavy (non-hydrogen) atoms. The highest BCUT2D eigenvalue weighted by atomic mass is 16.3. The molecule has 0 heterocycles. The number of primary amides is 1. The van der Waals surface area contributed by atoms with Crippen molar-refractivity contribution in [3.8, 4) is 0 Å². The molecule has 84 valence electrons. The summed E-state index contributed by atoms with van der Waals surface area (Å²) in [4.78, 5) is 9.47. The number of rotatable bonds is 5. The van der Waals surface area contributed by atoms with Gasteiger partial charge in [-0.05, 0) is 12.5 Å². The van der Waals surface area contributed by atoms with E-state index in [1.54, 1.807) is 0 Å². The fourth-order valence-corrected chi connectivity index (χ4v) is 0.485. The van der Waals surface area contributed by atoms with Crippen molar-refractivity contribution in [1.29, 1.82) is 0 Å². The third-order valence-corrected chi connectivity index (χ3v) is 1.96. The van der Waals surface area contributed by atoms with Gasteiger partial charge in [0.1, 0.15) is 0 Å². The number of aliphatic hydroxyl groups is 3. The summed E-state index contributed by atoms with van der Waals surface area (Å²) in [5, 5.41) is 26.0. The van der Waals surface area contributed by atoms with Gasteiger partial charge in [-0.2, -0.15) is 0 Å². The Hall–Kier alpha value is -0.910. The molecule has 0 fully saturated rings. The average molecular weight is 205 g/mol. The topological polar surface area (TPSA) is 104 Å². The van der Waals surface area contributed by atoms with E-state index in [0.29, 0.717) is 6.42 Å². The molecule has 0 aromatic heterocycles. The normalized spacial score (nSPS) is 10.0. The number of aliphatic hydroxyl groups excluding tert-OH is 3. The van der Waals surface area contributed by atoms with Crippen LogP contribution in [0.25, 0.3) is 0 Å². The van der Waals surface area contributed by atoms with Gasteiger partial charge in [-0.1, -0.05) is 13.5 Å². The lowest BCUT2D eigenvalue weighted by Gasteiger charge is -2.24. The van der Waals surface area contributed by atoms with Gasteiger partial charge in [0.05, 0.1) is 19.8 Å². The number of carbonyl (C=O) groups is 1. The Balaban J connectivity index is 0. The first-order valence-corrected chi connectivity index (χ1v) is 4.26. The summed E-state index contributed by atoms with van der Waals surface area (Å²) < 4.78 is 0. The summed E-state index contributed by atoms with van der Waals surface area (Å²) in [6, 6.07) is 0. The number of nitrogens with two attached hydrogens (primary N) is 1. The molecule has 0 atom stereocenters. The van der Waals surface area contributed by atoms with Crippen molar-refractivity contribution in [2.24, 2.45) is 11.1 Å². The maximum Gasteiger partial charge on any atom is 0.240 e. The van der Waals surface area contributed by atoms with Crippen LogP contribution in [0.5, 0.6) is 0 Å². The largest absolute Gasteiger partial charge is 0.396 e. The molecule has 5 N–H and O–H groups in total. The van der Waals surface area contributed by atoms with Crippen molar-refractivity contribution in [2.45, 2.75) is 13.3 Å². The Morgan fingerprint density at radius 2 is 1.64 bits per heavy atom. The second-order valence-electron chi connectivity index (χ2n) is 2.93. The summed E-state index contributed by atoms with van der Waals surface area (Å²) in [6.45, 7) is 4.44. The Labute approximate surface area is 83.9 Å². The zero-order valence-electron chi connectivity index (χ0n) is 8.44. The van der Waals surface area contributed by atoms with Crippen LogP contribution in [0.4, 0.5) is 0 Å². The maximum absolute atomic E-state index is 9.47.